The number of rotatable bonds is 3. The van der Waals surface area contributed by atoms with Crippen LogP contribution >= 0.6 is 11.3 Å². The molecule has 0 spiro atoms. The van der Waals surface area contributed by atoms with Crippen molar-refractivity contribution in [3.05, 3.63) is 47.7 Å². The van der Waals surface area contributed by atoms with Gasteiger partial charge in [-0.25, -0.2) is 0 Å². The topological polar surface area (TPSA) is 28.5 Å². The van der Waals surface area contributed by atoms with Crippen molar-refractivity contribution in [2.75, 3.05) is 11.6 Å². The van der Waals surface area contributed by atoms with Gasteiger partial charge in [0.2, 0.25) is 0 Å². The summed E-state index contributed by atoms with van der Waals surface area (Å²) in [6.07, 6.45) is 2.23. The molecule has 0 saturated heterocycles. The van der Waals surface area contributed by atoms with Crippen LogP contribution in [-0.4, -0.2) is 23.5 Å². The largest absolute Gasteiger partial charge is 0.433 e. The van der Waals surface area contributed by atoms with E-state index in [0.29, 0.717) is 5.92 Å². The molecule has 0 radical (unpaired) electrons. The van der Waals surface area contributed by atoms with Crippen LogP contribution < -0.4 is 4.90 Å². The number of anilines is 1. The van der Waals surface area contributed by atoms with Crippen molar-refractivity contribution in [3.63, 3.8) is 0 Å². The molecule has 3 nitrogen and oxygen atoms in total. The second kappa shape index (κ2) is 5.73. The van der Waals surface area contributed by atoms with Crippen molar-refractivity contribution in [3.8, 4) is 10.4 Å². The van der Waals surface area contributed by atoms with E-state index in [1.165, 1.54) is 11.8 Å². The average molecular weight is 349 g/mol. The van der Waals surface area contributed by atoms with Gasteiger partial charge in [-0.1, -0.05) is 0 Å². The Bertz CT molecular complexity index is 805. The van der Waals surface area contributed by atoms with Crippen LogP contribution in [0.5, 0.6) is 0 Å². The van der Waals surface area contributed by atoms with Crippen molar-refractivity contribution in [2.45, 2.75) is 24.9 Å². The average Bonchev–Trinajstić information content (AvgIpc) is 3.28. The summed E-state index contributed by atoms with van der Waals surface area (Å²) in [5.74, 6) is 0.555. The molecule has 2 aromatic rings. The van der Waals surface area contributed by atoms with Crippen LogP contribution in [0, 0.1) is 0 Å². The number of aromatic nitrogens is 1. The van der Waals surface area contributed by atoms with Gasteiger partial charge >= 0.3 is 6.18 Å². The van der Waals surface area contributed by atoms with Crippen LogP contribution in [0.1, 0.15) is 24.3 Å². The molecule has 0 atom stereocenters. The third-order valence-corrected chi connectivity index (χ3v) is 4.96. The Labute approximate surface area is 141 Å². The lowest BCUT2D eigenvalue weighted by Crippen LogP contribution is -2.29. The summed E-state index contributed by atoms with van der Waals surface area (Å²) in [5, 5.41) is 0. The van der Waals surface area contributed by atoms with Gasteiger partial charge in [0.25, 0.3) is 0 Å². The monoisotopic (exact) mass is 349 g/mol. The first kappa shape index (κ1) is 15.4. The number of halogens is 3. The predicted octanol–water partition coefficient (Wildman–Crippen LogP) is 4.98. The highest BCUT2D eigenvalue weighted by molar-refractivity contribution is 7.13. The second-order valence-corrected chi connectivity index (χ2v) is 6.81. The van der Waals surface area contributed by atoms with E-state index in [1.54, 1.807) is 21.7 Å². The Morgan fingerprint density at radius 1 is 1.17 bits per heavy atom. The van der Waals surface area contributed by atoms with Crippen LogP contribution in [0.4, 0.5) is 18.9 Å². The summed E-state index contributed by atoms with van der Waals surface area (Å²) in [4.78, 5) is 10.6. The first-order valence-corrected chi connectivity index (χ1v) is 8.49. The van der Waals surface area contributed by atoms with Gasteiger partial charge in [-0.15, -0.1) is 11.3 Å². The summed E-state index contributed by atoms with van der Waals surface area (Å²) in [7, 11) is 0. The SMILES string of the molecule is FC(F)(F)C1=NCN(c2cc(-c3cncs3)cc(C3CC3)c2)C=C1. The van der Waals surface area contributed by atoms with E-state index >= 15 is 0 Å². The van der Waals surface area contributed by atoms with Crippen molar-refractivity contribution >= 4 is 22.7 Å². The molecule has 24 heavy (non-hydrogen) atoms. The lowest BCUT2D eigenvalue weighted by Gasteiger charge is -2.24. The van der Waals surface area contributed by atoms with Gasteiger partial charge in [0.05, 0.1) is 10.4 Å². The third kappa shape index (κ3) is 3.08. The molecule has 0 amide bonds. The maximum Gasteiger partial charge on any atom is 0.433 e. The van der Waals surface area contributed by atoms with Gasteiger partial charge in [-0.05, 0) is 54.2 Å². The number of thiazole rings is 1. The third-order valence-electron chi connectivity index (χ3n) is 4.13. The van der Waals surface area contributed by atoms with Gasteiger partial charge < -0.3 is 4.90 Å². The molecule has 1 saturated carbocycles. The predicted molar refractivity (Wildman–Crippen MR) is 89.5 cm³/mol. The fraction of sp³-hybridized carbons (Fsp3) is 0.294. The van der Waals surface area contributed by atoms with Crippen molar-refractivity contribution in [2.24, 2.45) is 4.99 Å². The number of allylic oxidation sites excluding steroid dienone is 1. The lowest BCUT2D eigenvalue weighted by molar-refractivity contribution is -0.0579. The molecule has 1 aliphatic heterocycles. The Balaban J connectivity index is 1.66. The summed E-state index contributed by atoms with van der Waals surface area (Å²) in [6, 6.07) is 6.20. The van der Waals surface area contributed by atoms with Crippen LogP contribution in [0.25, 0.3) is 10.4 Å². The molecule has 0 bridgehead atoms. The highest BCUT2D eigenvalue weighted by Gasteiger charge is 2.35. The van der Waals surface area contributed by atoms with E-state index in [9.17, 15) is 13.2 Å². The van der Waals surface area contributed by atoms with Crippen molar-refractivity contribution < 1.29 is 13.2 Å². The van der Waals surface area contributed by atoms with Gasteiger partial charge in [-0.2, -0.15) is 13.2 Å². The van der Waals surface area contributed by atoms with Crippen LogP contribution in [0.3, 0.4) is 0 Å². The fourth-order valence-corrected chi connectivity index (χ4v) is 3.33. The van der Waals surface area contributed by atoms with E-state index in [4.69, 9.17) is 0 Å². The van der Waals surface area contributed by atoms with E-state index < -0.39 is 11.9 Å². The Morgan fingerprint density at radius 2 is 2.00 bits per heavy atom. The molecular weight excluding hydrogens is 335 g/mol. The minimum atomic E-state index is -4.40. The summed E-state index contributed by atoms with van der Waals surface area (Å²) in [6.45, 7) is -0.0262. The Morgan fingerprint density at radius 3 is 2.58 bits per heavy atom. The number of alkyl halides is 3. The Hall–Kier alpha value is -2.15. The van der Waals surface area contributed by atoms with Crippen LogP contribution in [0.2, 0.25) is 0 Å². The maximum absolute atomic E-state index is 12.7. The van der Waals surface area contributed by atoms with E-state index in [-0.39, 0.29) is 6.67 Å². The summed E-state index contributed by atoms with van der Waals surface area (Å²) >= 11 is 1.55. The van der Waals surface area contributed by atoms with E-state index in [1.807, 2.05) is 12.3 Å². The van der Waals surface area contributed by atoms with Crippen LogP contribution in [-0.2, 0) is 0 Å². The highest BCUT2D eigenvalue weighted by Crippen LogP contribution is 2.43. The number of hydrogen-bond donors (Lipinski definition) is 0. The van der Waals surface area contributed by atoms with Gasteiger partial charge in [0.1, 0.15) is 12.4 Å². The molecule has 1 fully saturated rings. The Kier molecular flexibility index (Phi) is 3.68. The van der Waals surface area contributed by atoms with Crippen LogP contribution in [0.15, 0.2) is 47.2 Å². The molecule has 2 aliphatic rings. The zero-order valence-corrected chi connectivity index (χ0v) is 13.4. The minimum absolute atomic E-state index is 0.0262. The van der Waals surface area contributed by atoms with Crippen molar-refractivity contribution in [1.82, 2.24) is 4.98 Å². The second-order valence-electron chi connectivity index (χ2n) is 5.92. The number of benzene rings is 1. The van der Waals surface area contributed by atoms with E-state index in [0.717, 1.165) is 35.0 Å². The molecule has 2 heterocycles. The molecule has 1 aromatic heterocycles. The number of nitrogens with zero attached hydrogens (tertiary/aromatic N) is 3. The highest BCUT2D eigenvalue weighted by atomic mass is 32.1. The smallest absolute Gasteiger partial charge is 0.328 e. The molecule has 1 aromatic carbocycles. The first-order chi connectivity index (χ1) is 11.5. The molecule has 0 N–H and O–H groups in total. The fourth-order valence-electron chi connectivity index (χ4n) is 2.72. The summed E-state index contributed by atoms with van der Waals surface area (Å²) in [5.41, 5.74) is 4.09. The summed E-state index contributed by atoms with van der Waals surface area (Å²) < 4.78 is 38.1. The zero-order chi connectivity index (χ0) is 16.7. The van der Waals surface area contributed by atoms with Gasteiger partial charge in [-0.3, -0.25) is 9.98 Å². The van der Waals surface area contributed by atoms with Gasteiger partial charge in [0, 0.05) is 18.1 Å². The first-order valence-electron chi connectivity index (χ1n) is 7.61. The maximum atomic E-state index is 12.7. The number of aliphatic imine (C=N–C) groups is 1. The molecule has 4 rings (SSSR count). The van der Waals surface area contributed by atoms with Crippen molar-refractivity contribution in [1.29, 1.82) is 0 Å². The van der Waals surface area contributed by atoms with Gasteiger partial charge in [0.15, 0.2) is 0 Å². The molecule has 7 heteroatoms. The zero-order valence-electron chi connectivity index (χ0n) is 12.6. The number of hydrogen-bond acceptors (Lipinski definition) is 4. The normalized spacial score (nSPS) is 18.0. The molecule has 1 aliphatic carbocycles. The molecular formula is C17H14F3N3S. The van der Waals surface area contributed by atoms with E-state index in [2.05, 4.69) is 22.1 Å². The quantitative estimate of drug-likeness (QED) is 0.782. The molecule has 0 unspecified atom stereocenters. The minimum Gasteiger partial charge on any atom is -0.328 e. The lowest BCUT2D eigenvalue weighted by atomic mass is 10.0. The standard InChI is InChI=1S/C17H14F3N3S/c18-17(19,20)16-3-4-23(9-22-16)14-6-12(11-1-2-11)5-13(7-14)15-8-21-10-24-15/h3-8,10-11H,1-2,9H2. The molecule has 124 valence electrons.